The Morgan fingerprint density at radius 1 is 1.15 bits per heavy atom. The van der Waals surface area contributed by atoms with Gasteiger partial charge in [0.2, 0.25) is 5.89 Å². The van der Waals surface area contributed by atoms with Crippen LogP contribution in [0.3, 0.4) is 0 Å². The maximum absolute atomic E-state index is 5.59. The Morgan fingerprint density at radius 3 is 2.45 bits per heavy atom. The van der Waals surface area contributed by atoms with E-state index in [4.69, 9.17) is 15.2 Å². The fourth-order valence-corrected chi connectivity index (χ4v) is 6.39. The highest BCUT2D eigenvalue weighted by Gasteiger charge is 2.62. The molecule has 4 heteroatoms. The van der Waals surface area contributed by atoms with Gasteiger partial charge in [-0.05, 0) is 55.3 Å². The summed E-state index contributed by atoms with van der Waals surface area (Å²) in [7, 11) is 0. The molecule has 4 aliphatic rings. The molecule has 0 spiro atoms. The Bertz CT molecular complexity index is 520. The Hall–Kier alpha value is -0.900. The summed E-state index contributed by atoms with van der Waals surface area (Å²) < 4.78 is 5.42. The van der Waals surface area contributed by atoms with Crippen molar-refractivity contribution in [3.8, 4) is 0 Å². The molecule has 4 fully saturated rings. The molecule has 4 aliphatic carbocycles. The van der Waals surface area contributed by atoms with Crippen LogP contribution in [0.5, 0.6) is 0 Å². The van der Waals surface area contributed by atoms with E-state index >= 15 is 0 Å². The van der Waals surface area contributed by atoms with Crippen LogP contribution in [0.15, 0.2) is 4.52 Å². The summed E-state index contributed by atoms with van der Waals surface area (Å²) in [5.74, 6) is 2.55. The van der Waals surface area contributed by atoms with Gasteiger partial charge in [0.05, 0.1) is 0 Å². The number of rotatable bonds is 3. The first-order valence-electron chi connectivity index (χ1n) is 7.98. The topological polar surface area (TPSA) is 64.9 Å². The van der Waals surface area contributed by atoms with Gasteiger partial charge in [-0.1, -0.05) is 19.0 Å². The molecule has 110 valence electrons. The van der Waals surface area contributed by atoms with E-state index in [1.165, 1.54) is 38.5 Å². The molecule has 2 atom stereocenters. The van der Waals surface area contributed by atoms with E-state index in [0.717, 1.165) is 11.7 Å². The summed E-state index contributed by atoms with van der Waals surface area (Å²) in [6, 6.07) is 0. The monoisotopic (exact) mass is 275 g/mol. The third-order valence-electron chi connectivity index (χ3n) is 5.93. The molecule has 4 saturated carbocycles. The minimum atomic E-state index is 0.180. The second kappa shape index (κ2) is 3.85. The summed E-state index contributed by atoms with van der Waals surface area (Å²) in [5, 5.41) is 4.35. The fourth-order valence-electron chi connectivity index (χ4n) is 6.39. The van der Waals surface area contributed by atoms with Crippen LogP contribution in [-0.4, -0.2) is 16.7 Å². The van der Waals surface area contributed by atoms with Gasteiger partial charge in [-0.2, -0.15) is 4.98 Å². The summed E-state index contributed by atoms with van der Waals surface area (Å²) in [6.45, 7) is 5.53. The zero-order chi connectivity index (χ0) is 14.0. The Morgan fingerprint density at radius 2 is 1.85 bits per heavy atom. The zero-order valence-electron chi connectivity index (χ0n) is 12.6. The molecule has 1 aromatic rings. The fraction of sp³-hybridized carbons (Fsp3) is 0.875. The lowest BCUT2D eigenvalue weighted by Crippen LogP contribution is -2.57. The standard InChI is InChI=1S/C16H25N3O/c1-14-5-11-6-15(2,8-14)10-16(7-11,9-14)13-18-12(3-4-17)20-19-13/h11H,3-10,17H2,1-2H3. The lowest BCUT2D eigenvalue weighted by Gasteiger charge is -2.64. The molecule has 20 heavy (non-hydrogen) atoms. The molecule has 1 aromatic heterocycles. The van der Waals surface area contributed by atoms with Gasteiger partial charge < -0.3 is 10.3 Å². The Balaban J connectivity index is 1.72. The van der Waals surface area contributed by atoms with Gasteiger partial charge in [0.1, 0.15) is 0 Å². The molecule has 1 heterocycles. The van der Waals surface area contributed by atoms with Crippen LogP contribution in [0, 0.1) is 16.7 Å². The van der Waals surface area contributed by atoms with Crippen LogP contribution >= 0.6 is 0 Å². The van der Waals surface area contributed by atoms with Crippen LogP contribution in [0.1, 0.15) is 64.1 Å². The Kier molecular flexibility index (Phi) is 2.46. The minimum Gasteiger partial charge on any atom is -0.339 e. The molecule has 0 aromatic carbocycles. The van der Waals surface area contributed by atoms with E-state index in [2.05, 4.69) is 19.0 Å². The summed E-state index contributed by atoms with van der Waals surface area (Å²) in [5.41, 5.74) is 6.75. The van der Waals surface area contributed by atoms with E-state index in [-0.39, 0.29) is 5.41 Å². The highest BCUT2D eigenvalue weighted by Crippen LogP contribution is 2.69. The van der Waals surface area contributed by atoms with Gasteiger partial charge in [0, 0.05) is 18.4 Å². The average molecular weight is 275 g/mol. The van der Waals surface area contributed by atoms with Crippen molar-refractivity contribution in [1.82, 2.24) is 10.1 Å². The van der Waals surface area contributed by atoms with E-state index in [1.54, 1.807) is 0 Å². The van der Waals surface area contributed by atoms with E-state index in [1.807, 2.05) is 0 Å². The second-order valence-electron chi connectivity index (χ2n) is 8.46. The highest BCUT2D eigenvalue weighted by atomic mass is 16.5. The molecule has 0 amide bonds. The quantitative estimate of drug-likeness (QED) is 0.921. The number of hydrogen-bond acceptors (Lipinski definition) is 4. The van der Waals surface area contributed by atoms with Crippen molar-refractivity contribution in [1.29, 1.82) is 0 Å². The van der Waals surface area contributed by atoms with Crippen molar-refractivity contribution in [2.24, 2.45) is 22.5 Å². The molecule has 0 aliphatic heterocycles. The van der Waals surface area contributed by atoms with Gasteiger partial charge in [-0.15, -0.1) is 0 Å². The molecule has 4 nitrogen and oxygen atoms in total. The largest absolute Gasteiger partial charge is 0.339 e. The first-order valence-corrected chi connectivity index (χ1v) is 7.98. The third-order valence-corrected chi connectivity index (χ3v) is 5.93. The number of hydrogen-bond donors (Lipinski definition) is 1. The average Bonchev–Trinajstić information content (AvgIpc) is 2.73. The van der Waals surface area contributed by atoms with Gasteiger partial charge in [-0.3, -0.25) is 0 Å². The maximum atomic E-state index is 5.59. The van der Waals surface area contributed by atoms with Crippen LogP contribution in [0.2, 0.25) is 0 Å². The van der Waals surface area contributed by atoms with E-state index in [9.17, 15) is 0 Å². The minimum absolute atomic E-state index is 0.180. The molecule has 0 radical (unpaired) electrons. The molecular formula is C16H25N3O. The van der Waals surface area contributed by atoms with Crippen molar-refractivity contribution in [3.05, 3.63) is 11.7 Å². The van der Waals surface area contributed by atoms with Gasteiger partial charge >= 0.3 is 0 Å². The summed E-state index contributed by atoms with van der Waals surface area (Å²) in [6.07, 6.45) is 8.63. The predicted octanol–water partition coefficient (Wildman–Crippen LogP) is 2.82. The van der Waals surface area contributed by atoms with Gasteiger partial charge in [0.15, 0.2) is 5.82 Å². The third kappa shape index (κ3) is 1.77. The van der Waals surface area contributed by atoms with Crippen LogP contribution in [0.4, 0.5) is 0 Å². The first-order chi connectivity index (χ1) is 9.44. The molecule has 4 bridgehead atoms. The molecule has 5 rings (SSSR count). The smallest absolute Gasteiger partial charge is 0.227 e. The first kappa shape index (κ1) is 12.8. The zero-order valence-corrected chi connectivity index (χ0v) is 12.6. The second-order valence-corrected chi connectivity index (χ2v) is 8.46. The molecule has 0 saturated heterocycles. The van der Waals surface area contributed by atoms with Crippen molar-refractivity contribution in [2.75, 3.05) is 6.54 Å². The van der Waals surface area contributed by atoms with Crippen LogP contribution in [0.25, 0.3) is 0 Å². The van der Waals surface area contributed by atoms with Crippen LogP contribution in [-0.2, 0) is 11.8 Å². The van der Waals surface area contributed by atoms with Crippen molar-refractivity contribution in [2.45, 2.75) is 64.2 Å². The van der Waals surface area contributed by atoms with Crippen molar-refractivity contribution >= 4 is 0 Å². The number of aromatic nitrogens is 2. The molecule has 2 unspecified atom stereocenters. The highest BCUT2D eigenvalue weighted by molar-refractivity contribution is 5.21. The normalized spacial score (nSPS) is 46.0. The van der Waals surface area contributed by atoms with Gasteiger partial charge in [-0.25, -0.2) is 0 Å². The molecule has 2 N–H and O–H groups in total. The van der Waals surface area contributed by atoms with Crippen molar-refractivity contribution < 1.29 is 4.52 Å². The Labute approximate surface area is 120 Å². The summed E-state index contributed by atoms with van der Waals surface area (Å²) in [4.78, 5) is 4.69. The molecular weight excluding hydrogens is 250 g/mol. The predicted molar refractivity (Wildman–Crippen MR) is 76.1 cm³/mol. The lowest BCUT2D eigenvalue weighted by atomic mass is 9.40. The van der Waals surface area contributed by atoms with Gasteiger partial charge in [0.25, 0.3) is 0 Å². The van der Waals surface area contributed by atoms with E-state index in [0.29, 0.717) is 29.7 Å². The number of nitrogens with two attached hydrogens (primary N) is 1. The summed E-state index contributed by atoms with van der Waals surface area (Å²) >= 11 is 0. The number of nitrogens with zero attached hydrogens (tertiary/aromatic N) is 2. The van der Waals surface area contributed by atoms with Crippen molar-refractivity contribution in [3.63, 3.8) is 0 Å². The van der Waals surface area contributed by atoms with Crippen LogP contribution < -0.4 is 5.73 Å². The SMILES string of the molecule is CC12CC3CC(C)(C1)CC(c1noc(CCN)n1)(C3)C2. The maximum Gasteiger partial charge on any atom is 0.227 e. The lowest BCUT2D eigenvalue weighted by molar-refractivity contribution is -0.113. The van der Waals surface area contributed by atoms with E-state index < -0.39 is 0 Å².